The Labute approximate surface area is 861 Å². The largest absolute Gasteiger partial charge is 0.387 e. The quantitative estimate of drug-likeness (QED) is 0.0146. The molecule has 0 aromatic carbocycles. The maximum absolute atomic E-state index is 14.2. The Balaban J connectivity index is 0.693. The second-order valence-corrected chi connectivity index (χ2v) is 47.6. The SMILES string of the molecule is CC[C@H]1O[C@@H](n2cnc3c(N)ncnc32)CC1OP(O)(=S)OC[C@H]1O[C@@H](n2cnc3c(N)ncnc32)[C@@H](OCCOC)C1OP(O)(=S)OC[C@H]1O[C@@H](n2cnc3c(=O)[nH]c(N)nc32)[C@@H](OCCOC)C1OP(O)(=S)OC[C@H]1O[C@@H](n2cc(C)c(=O)[nH]c2=O)[C@@H](OCCOC)C1OP(O)(=S)OC[C@H]1O[C@@H](n2cnc3c(=O)[nH]c(N)nc32)[C@@H](OCCOC)C1OP(O)(=S)OC[C@H]1O[C@@H](n2cc(C)c(N)nc2=O)[C@@H](OCCOC)C1O. The molecule has 0 radical (unpaired) electrons. The average molecular weight is 2280 g/mol. The number of H-pyrrole nitrogens is 3. The van der Waals surface area contributed by atoms with Gasteiger partial charge < -0.3 is 161 Å². The molecule has 0 aliphatic carbocycles. The number of aromatic nitrogens is 20. The van der Waals surface area contributed by atoms with Gasteiger partial charge in [-0.1, -0.05) is 6.92 Å². The average Bonchev–Trinajstić information content (AvgIpc) is 1.59. The van der Waals surface area contributed by atoms with Gasteiger partial charge in [0.25, 0.3) is 16.7 Å². The molecule has 148 heavy (non-hydrogen) atoms. The van der Waals surface area contributed by atoms with Crippen molar-refractivity contribution < 1.29 is 151 Å². The van der Waals surface area contributed by atoms with Gasteiger partial charge in [-0.05, 0) is 79.3 Å². The van der Waals surface area contributed by atoms with Gasteiger partial charge in [0.05, 0.1) is 137 Å². The molecule has 0 spiro atoms. The van der Waals surface area contributed by atoms with Crippen LogP contribution in [0.25, 0.3) is 44.7 Å². The van der Waals surface area contributed by atoms with Gasteiger partial charge in [0.1, 0.15) is 127 Å². The van der Waals surface area contributed by atoms with Gasteiger partial charge in [-0.2, -0.15) is 15.0 Å². The smallest absolute Gasteiger partial charge is 0.351 e. The van der Waals surface area contributed by atoms with Gasteiger partial charge in [-0.3, -0.25) is 74.8 Å². The van der Waals surface area contributed by atoms with Crippen LogP contribution in [0.5, 0.6) is 0 Å². The number of aromatic amines is 3. The van der Waals surface area contributed by atoms with Gasteiger partial charge in [-0.15, -0.1) is 0 Å². The molecule has 11 unspecified atom stereocenters. The van der Waals surface area contributed by atoms with Crippen LogP contribution in [0.2, 0.25) is 0 Å². The summed E-state index contributed by atoms with van der Waals surface area (Å²) in [5.74, 6) is -0.701. The lowest BCUT2D eigenvalue weighted by molar-refractivity contribution is -0.0830. The molecule has 16 rings (SSSR count). The van der Waals surface area contributed by atoms with Crippen molar-refractivity contribution in [3.63, 3.8) is 0 Å². The molecule has 16 heterocycles. The Hall–Kier alpha value is -7.67. The van der Waals surface area contributed by atoms with E-state index in [1.54, 1.807) is 11.5 Å². The first-order chi connectivity index (χ1) is 70.6. The van der Waals surface area contributed by atoms with Gasteiger partial charge in [0.2, 0.25) is 11.9 Å². The zero-order chi connectivity index (χ0) is 106. The van der Waals surface area contributed by atoms with E-state index in [1.807, 2.05) is 6.92 Å². The number of imidazole rings is 4. The number of hydrogen-bond donors (Lipinski definition) is 14. The molecule has 6 aliphatic rings. The highest BCUT2D eigenvalue weighted by atomic mass is 32.5. The van der Waals surface area contributed by atoms with E-state index in [1.165, 1.54) is 87.7 Å². The summed E-state index contributed by atoms with van der Waals surface area (Å²) in [6.45, 7) is -25.4. The Kier molecular flexibility index (Phi) is 37.0. The molecule has 6 aliphatic heterocycles. The standard InChI is InChI=1S/C76H108N25O37P5S5/c1-9-36-37(20-43(128-36)98-30-86-44-59(78)82-28-84-61(44)98)134-139(108,144)124-24-40-50(55(120-17-12-115-6)70(131-40)99-31-87-45-60(79)83-29-85-62(45)99)137-143(112,148)127-27-42-52(57(122-19-14-117-8)72(133-42)101-33-89-47-64(101)92-74(81)94-67(47)105)138-142(111,147)125-25-39-49(54(119-16-11-114-5)69(130-39)97-22-35(3)65(103)95-76(97)107)135-141(110,146)126-26-41-51(56(121-18-13-116-7)71(132-41)100-32-88-46-63(100)91-73(80)93-66(46)104)136-140(109,145)123-23-38-48(102)53(118-15-10-113-4)68(129-38)96-21-34(2)58(77)90-75(96)106/h21-22,28-33,36-43,48-57,68-72,102H,9-20,23-27H2,1-8H3,(H,108,144)(H,109,145)(H,110,146)(H,111,147)(H,112,148)(H2,77,90,106)(H2,78,82,84)(H2,79,83,85)(H,95,103,107)(H3,80,91,93,104)(H3,81,92,94,105)/t36-,37?,38-,39-,40-,41-,42-,43-,48?,49?,50?,51?,52?,53+,54+,55+,56+,57+,68-,69-,70-,71-,72-,139?,140?,141?,142?,143?/m1/s1. The molecule has 0 bridgehead atoms. The number of anilines is 5. The van der Waals surface area contributed by atoms with Crippen LogP contribution in [0.4, 0.5) is 29.4 Å². The highest BCUT2D eigenvalue weighted by Gasteiger charge is 2.58. The number of aliphatic hydroxyl groups is 1. The third kappa shape index (κ3) is 25.7. The van der Waals surface area contributed by atoms with Gasteiger partial charge in [-0.25, -0.2) is 49.5 Å². The highest BCUT2D eigenvalue weighted by molar-refractivity contribution is 8.08. The van der Waals surface area contributed by atoms with Crippen molar-refractivity contribution in [3.05, 3.63) is 114 Å². The number of fused-ring (bicyclic) bond motifs is 4. The number of nitrogens with two attached hydrogens (primary N) is 5. The Morgan fingerprint density at radius 2 is 0.709 bits per heavy atom. The first-order valence-corrected chi connectivity index (χ1v) is 58.0. The molecule has 19 N–H and O–H groups in total. The fraction of sp³-hybridized carbons (Fsp3) is 0.632. The number of methoxy groups -OCH3 is 5. The third-order valence-electron chi connectivity index (χ3n) is 24.0. The van der Waals surface area contributed by atoms with Crippen LogP contribution in [-0.2, 0) is 180 Å². The summed E-state index contributed by atoms with van der Waals surface area (Å²) in [5.41, 5.74) is 26.7. The minimum Gasteiger partial charge on any atom is -0.387 e. The van der Waals surface area contributed by atoms with Gasteiger partial charge in [0, 0.05) is 65.5 Å². The number of aliphatic hydroxyl groups excluding tert-OH is 1. The lowest BCUT2D eigenvalue weighted by Crippen LogP contribution is -2.42. The lowest BCUT2D eigenvalue weighted by atomic mass is 10.1. The van der Waals surface area contributed by atoms with Crippen LogP contribution >= 0.6 is 33.6 Å². The van der Waals surface area contributed by atoms with Crippen molar-refractivity contribution in [1.82, 2.24) is 97.2 Å². The summed E-state index contributed by atoms with van der Waals surface area (Å²) >= 11 is 29.2. The van der Waals surface area contributed by atoms with Gasteiger partial charge in [0.15, 0.2) is 76.4 Å². The number of aryl methyl sites for hydroxylation is 2. The molecule has 10 aromatic rings. The first-order valence-electron chi connectivity index (χ1n) is 45.0. The minimum atomic E-state index is -5.08. The molecular weight excluding hydrogens is 2170 g/mol. The van der Waals surface area contributed by atoms with Crippen LogP contribution in [0, 0.1) is 13.8 Å². The summed E-state index contributed by atoms with van der Waals surface area (Å²) < 4.78 is 169. The zero-order valence-corrected chi connectivity index (χ0v) is 88.1. The molecule has 72 heteroatoms. The molecule has 814 valence electrons. The summed E-state index contributed by atoms with van der Waals surface area (Å²) in [5, 5.41) is 11.9. The normalized spacial score (nSPS) is 28.9. The Bertz CT molecular complexity index is 6920. The number of nitrogens with zero attached hydrogens (tertiary/aromatic N) is 17. The van der Waals surface area contributed by atoms with Crippen molar-refractivity contribution in [2.45, 2.75) is 175 Å². The molecule has 0 saturated carbocycles. The van der Waals surface area contributed by atoms with Crippen molar-refractivity contribution >= 4 is 167 Å². The van der Waals surface area contributed by atoms with Crippen molar-refractivity contribution in [3.8, 4) is 0 Å². The third-order valence-corrected chi connectivity index (χ3v) is 31.8. The van der Waals surface area contributed by atoms with E-state index in [2.05, 4.69) is 69.8 Å². The van der Waals surface area contributed by atoms with E-state index in [4.69, 9.17) is 209 Å². The minimum absolute atomic E-state index is 0.0171. The topological polar surface area (TPSA) is 796 Å². The summed E-state index contributed by atoms with van der Waals surface area (Å²) in [4.78, 5) is 185. The maximum Gasteiger partial charge on any atom is 0.351 e. The predicted octanol–water partition coefficient (Wildman–Crippen LogP) is -1.94. The monoisotopic (exact) mass is 2280 g/mol. The Morgan fingerprint density at radius 1 is 0.372 bits per heavy atom. The van der Waals surface area contributed by atoms with E-state index in [9.17, 15) is 53.5 Å². The molecule has 10 aromatic heterocycles. The van der Waals surface area contributed by atoms with Crippen LogP contribution in [0.1, 0.15) is 68.3 Å². The van der Waals surface area contributed by atoms with Crippen molar-refractivity contribution in [2.75, 3.05) is 163 Å². The fourth-order valence-corrected chi connectivity index (χ4v) is 24.4. The van der Waals surface area contributed by atoms with Gasteiger partial charge >= 0.3 is 45.0 Å². The number of rotatable bonds is 52. The molecule has 62 nitrogen and oxygen atoms in total. The lowest BCUT2D eigenvalue weighted by Gasteiger charge is -2.31. The summed E-state index contributed by atoms with van der Waals surface area (Å²) in [6.07, 6.45) is -23.6. The molecule has 6 saturated heterocycles. The number of ether oxygens (including phenoxy) is 16. The first kappa shape index (κ1) is 113. The number of nitrogens with one attached hydrogen (secondary N) is 3. The van der Waals surface area contributed by atoms with E-state index in [-0.39, 0.29) is 141 Å². The summed E-state index contributed by atoms with van der Waals surface area (Å²) in [6, 6.07) is 0. The highest BCUT2D eigenvalue weighted by Crippen LogP contribution is 2.58. The predicted molar refractivity (Wildman–Crippen MR) is 527 cm³/mol. The number of hydrogen-bond acceptors (Lipinski definition) is 53. The van der Waals surface area contributed by atoms with E-state index < -0.39 is 236 Å². The van der Waals surface area contributed by atoms with E-state index in [0.29, 0.717) is 23.1 Å². The zero-order valence-electron chi connectivity index (χ0n) is 79.5. The van der Waals surface area contributed by atoms with Crippen LogP contribution < -0.4 is 56.7 Å². The summed E-state index contributed by atoms with van der Waals surface area (Å²) in [7, 11) is 6.90. The molecular formula is C76H108N25O37P5S5. The second kappa shape index (κ2) is 48.6. The van der Waals surface area contributed by atoms with Crippen LogP contribution in [0.15, 0.2) is 74.3 Å². The van der Waals surface area contributed by atoms with Crippen molar-refractivity contribution in [2.24, 2.45) is 0 Å². The van der Waals surface area contributed by atoms with Crippen molar-refractivity contribution in [1.29, 1.82) is 0 Å². The molecule has 0 amide bonds. The fourth-order valence-electron chi connectivity index (χ4n) is 17.1. The molecule has 6 fully saturated rings. The van der Waals surface area contributed by atoms with E-state index in [0.717, 1.165) is 28.0 Å². The maximum atomic E-state index is 14.2. The number of nitrogen functional groups attached to an aromatic ring is 5. The molecule has 28 atom stereocenters. The van der Waals surface area contributed by atoms with Crippen LogP contribution in [0.3, 0.4) is 0 Å². The second-order valence-electron chi connectivity index (χ2n) is 33.7. The Morgan fingerprint density at radius 3 is 1.11 bits per heavy atom. The van der Waals surface area contributed by atoms with Crippen LogP contribution in [-0.4, -0.2) is 365 Å². The van der Waals surface area contributed by atoms with E-state index >= 15 is 0 Å².